The summed E-state index contributed by atoms with van der Waals surface area (Å²) in [5.74, 6) is 0.805. The lowest BCUT2D eigenvalue weighted by molar-refractivity contribution is 0.416. The van der Waals surface area contributed by atoms with E-state index in [1.54, 1.807) is 13.3 Å². The maximum Gasteiger partial charge on any atom is 0.139 e. The Bertz CT molecular complexity index is 754. The van der Waals surface area contributed by atoms with Crippen LogP contribution < -0.4 is 4.74 Å². The quantitative estimate of drug-likeness (QED) is 0.739. The molecule has 0 amide bonds. The first kappa shape index (κ1) is 12.5. The first-order chi connectivity index (χ1) is 9.22. The molecular weight excluding hydrogens is 328 g/mol. The molecule has 96 valence electrons. The van der Waals surface area contributed by atoms with Crippen LogP contribution in [0.5, 0.6) is 5.75 Å². The van der Waals surface area contributed by atoms with Crippen molar-refractivity contribution in [2.45, 2.75) is 0 Å². The number of nitrogens with zero attached hydrogens (tertiary/aromatic N) is 1. The van der Waals surface area contributed by atoms with Crippen LogP contribution in [0.2, 0.25) is 5.02 Å². The van der Waals surface area contributed by atoms with Crippen molar-refractivity contribution in [2.24, 2.45) is 0 Å². The lowest BCUT2D eigenvalue weighted by Crippen LogP contribution is -1.87. The second-order valence-corrected chi connectivity index (χ2v) is 5.28. The van der Waals surface area contributed by atoms with Gasteiger partial charge in [-0.2, -0.15) is 0 Å². The third-order valence-corrected chi connectivity index (χ3v) is 4.21. The summed E-state index contributed by atoms with van der Waals surface area (Å²) in [6.07, 6.45) is 3.58. The second-order valence-electron chi connectivity index (χ2n) is 4.05. The Hall–Kier alpha value is -1.52. The highest BCUT2D eigenvalue weighted by Crippen LogP contribution is 2.39. The largest absolute Gasteiger partial charge is 0.496 e. The SMILES string of the molecule is COc1ccccc1-c1c[nH]c2ncc(Br)c(Cl)c12. The number of hydrogen-bond acceptors (Lipinski definition) is 2. The number of para-hydroxylation sites is 1. The predicted octanol–water partition coefficient (Wildman–Crippen LogP) is 4.65. The fourth-order valence-electron chi connectivity index (χ4n) is 2.11. The van der Waals surface area contributed by atoms with Gasteiger partial charge in [0, 0.05) is 28.9 Å². The molecule has 3 rings (SSSR count). The summed E-state index contributed by atoms with van der Waals surface area (Å²) >= 11 is 9.77. The summed E-state index contributed by atoms with van der Waals surface area (Å²) in [6, 6.07) is 7.83. The Morgan fingerprint density at radius 2 is 2.05 bits per heavy atom. The van der Waals surface area contributed by atoms with Crippen LogP contribution in [0.1, 0.15) is 0 Å². The van der Waals surface area contributed by atoms with E-state index in [9.17, 15) is 0 Å². The smallest absolute Gasteiger partial charge is 0.139 e. The number of halogens is 2. The number of methoxy groups -OCH3 is 1. The third kappa shape index (κ3) is 2.01. The van der Waals surface area contributed by atoms with Crippen LogP contribution in [0.4, 0.5) is 0 Å². The number of rotatable bonds is 2. The van der Waals surface area contributed by atoms with Gasteiger partial charge in [0.25, 0.3) is 0 Å². The molecule has 1 aromatic carbocycles. The van der Waals surface area contributed by atoms with Gasteiger partial charge in [-0.1, -0.05) is 29.8 Å². The summed E-state index contributed by atoms with van der Waals surface area (Å²) in [7, 11) is 1.66. The normalized spacial score (nSPS) is 10.9. The molecule has 19 heavy (non-hydrogen) atoms. The first-order valence-electron chi connectivity index (χ1n) is 5.67. The van der Waals surface area contributed by atoms with E-state index >= 15 is 0 Å². The van der Waals surface area contributed by atoms with Gasteiger partial charge in [-0.15, -0.1) is 0 Å². The number of pyridine rings is 1. The molecule has 3 aromatic rings. The monoisotopic (exact) mass is 336 g/mol. The van der Waals surface area contributed by atoms with Crippen molar-refractivity contribution in [2.75, 3.05) is 7.11 Å². The number of aromatic amines is 1. The molecule has 0 spiro atoms. The van der Waals surface area contributed by atoms with E-state index in [2.05, 4.69) is 25.9 Å². The highest BCUT2D eigenvalue weighted by Gasteiger charge is 2.15. The van der Waals surface area contributed by atoms with Gasteiger partial charge in [0.15, 0.2) is 0 Å². The molecule has 0 saturated heterocycles. The maximum absolute atomic E-state index is 6.37. The van der Waals surface area contributed by atoms with Crippen molar-refractivity contribution < 1.29 is 4.74 Å². The molecule has 0 atom stereocenters. The first-order valence-corrected chi connectivity index (χ1v) is 6.84. The van der Waals surface area contributed by atoms with Crippen molar-refractivity contribution in [3.8, 4) is 16.9 Å². The van der Waals surface area contributed by atoms with Crippen LogP contribution in [0.3, 0.4) is 0 Å². The molecule has 0 aliphatic rings. The summed E-state index contributed by atoms with van der Waals surface area (Å²) in [5.41, 5.74) is 2.72. The highest BCUT2D eigenvalue weighted by molar-refractivity contribution is 9.10. The van der Waals surface area contributed by atoms with Crippen LogP contribution >= 0.6 is 27.5 Å². The predicted molar refractivity (Wildman–Crippen MR) is 80.8 cm³/mol. The lowest BCUT2D eigenvalue weighted by Gasteiger charge is -2.07. The van der Waals surface area contributed by atoms with E-state index in [1.807, 2.05) is 30.5 Å². The summed E-state index contributed by atoms with van der Waals surface area (Å²) in [6.45, 7) is 0. The molecule has 2 aromatic heterocycles. The average Bonchev–Trinajstić information content (AvgIpc) is 2.87. The zero-order valence-electron chi connectivity index (χ0n) is 10.1. The third-order valence-electron chi connectivity index (χ3n) is 2.99. The standard InChI is InChI=1S/C14H10BrClN2O/c1-19-11-5-3-2-4-8(11)9-6-17-14-12(9)13(16)10(15)7-18-14/h2-7H,1H3,(H,17,18). The van der Waals surface area contributed by atoms with E-state index in [1.165, 1.54) is 0 Å². The molecule has 1 N–H and O–H groups in total. The number of fused-ring (bicyclic) bond motifs is 1. The van der Waals surface area contributed by atoms with Crippen molar-refractivity contribution in [1.82, 2.24) is 9.97 Å². The number of nitrogens with one attached hydrogen (secondary N) is 1. The summed E-state index contributed by atoms with van der Waals surface area (Å²) in [5, 5.41) is 1.53. The molecule has 0 fully saturated rings. The van der Waals surface area contributed by atoms with E-state index in [0.29, 0.717) is 5.02 Å². The minimum atomic E-state index is 0.646. The number of benzene rings is 1. The Kier molecular flexibility index (Phi) is 3.21. The van der Waals surface area contributed by atoms with E-state index < -0.39 is 0 Å². The molecule has 0 bridgehead atoms. The minimum Gasteiger partial charge on any atom is -0.496 e. The molecule has 0 aliphatic heterocycles. The topological polar surface area (TPSA) is 37.9 Å². The lowest BCUT2D eigenvalue weighted by atomic mass is 10.0. The van der Waals surface area contributed by atoms with E-state index in [-0.39, 0.29) is 0 Å². The maximum atomic E-state index is 6.37. The van der Waals surface area contributed by atoms with E-state index in [0.717, 1.165) is 32.4 Å². The van der Waals surface area contributed by atoms with Gasteiger partial charge >= 0.3 is 0 Å². The van der Waals surface area contributed by atoms with E-state index in [4.69, 9.17) is 16.3 Å². The Labute approximate surface area is 123 Å². The molecule has 5 heteroatoms. The fraction of sp³-hybridized carbons (Fsp3) is 0.0714. The van der Waals surface area contributed by atoms with Crippen LogP contribution in [0.25, 0.3) is 22.2 Å². The molecule has 2 heterocycles. The molecule has 3 nitrogen and oxygen atoms in total. The zero-order valence-corrected chi connectivity index (χ0v) is 12.4. The van der Waals surface area contributed by atoms with Crippen LogP contribution in [-0.4, -0.2) is 17.1 Å². The molecule has 0 unspecified atom stereocenters. The summed E-state index contributed by atoms with van der Waals surface area (Å²) in [4.78, 5) is 7.45. The minimum absolute atomic E-state index is 0.646. The van der Waals surface area contributed by atoms with Crippen molar-refractivity contribution in [1.29, 1.82) is 0 Å². The summed E-state index contributed by atoms with van der Waals surface area (Å²) < 4.78 is 6.17. The van der Waals surface area contributed by atoms with Gasteiger partial charge in [-0.05, 0) is 22.0 Å². The van der Waals surface area contributed by atoms with Crippen LogP contribution in [-0.2, 0) is 0 Å². The number of ether oxygens (including phenoxy) is 1. The van der Waals surface area contributed by atoms with Crippen molar-refractivity contribution >= 4 is 38.6 Å². The number of H-pyrrole nitrogens is 1. The van der Waals surface area contributed by atoms with Gasteiger partial charge in [0.2, 0.25) is 0 Å². The zero-order chi connectivity index (χ0) is 13.4. The van der Waals surface area contributed by atoms with Gasteiger partial charge in [-0.25, -0.2) is 4.98 Å². The average molecular weight is 338 g/mol. The number of aromatic nitrogens is 2. The van der Waals surface area contributed by atoms with Gasteiger partial charge in [-0.3, -0.25) is 0 Å². The van der Waals surface area contributed by atoms with Crippen LogP contribution in [0, 0.1) is 0 Å². The van der Waals surface area contributed by atoms with Crippen molar-refractivity contribution in [3.63, 3.8) is 0 Å². The Balaban J connectivity index is 2.34. The molecule has 0 aliphatic carbocycles. The fourth-order valence-corrected chi connectivity index (χ4v) is 2.65. The van der Waals surface area contributed by atoms with Crippen molar-refractivity contribution in [3.05, 3.63) is 46.2 Å². The van der Waals surface area contributed by atoms with Gasteiger partial charge < -0.3 is 9.72 Å². The van der Waals surface area contributed by atoms with Gasteiger partial charge in [0.05, 0.1) is 16.6 Å². The second kappa shape index (κ2) is 4.87. The highest BCUT2D eigenvalue weighted by atomic mass is 79.9. The number of hydrogen-bond donors (Lipinski definition) is 1. The Morgan fingerprint density at radius 3 is 2.84 bits per heavy atom. The van der Waals surface area contributed by atoms with Crippen LogP contribution in [0.15, 0.2) is 41.1 Å². The molecule has 0 saturated carbocycles. The molecular formula is C14H10BrClN2O. The molecule has 0 radical (unpaired) electrons. The van der Waals surface area contributed by atoms with Gasteiger partial charge in [0.1, 0.15) is 11.4 Å². The Morgan fingerprint density at radius 1 is 1.26 bits per heavy atom.